The van der Waals surface area contributed by atoms with E-state index >= 15 is 0 Å². The summed E-state index contributed by atoms with van der Waals surface area (Å²) < 4.78 is 39.8. The third kappa shape index (κ3) is 2.13. The summed E-state index contributed by atoms with van der Waals surface area (Å²) in [7, 11) is 0. The van der Waals surface area contributed by atoms with Crippen molar-refractivity contribution in [3.63, 3.8) is 0 Å². The number of aromatic nitrogens is 1. The molecule has 2 nitrogen and oxygen atoms in total. The highest BCUT2D eigenvalue weighted by atomic mass is 19.4. The SMILES string of the molecule is CC1=NCCn2c1ccc2-c1ccc(C(F)(F)F)cc1. The number of rotatable bonds is 1. The van der Waals surface area contributed by atoms with Crippen molar-refractivity contribution in [2.24, 2.45) is 4.99 Å². The first-order valence-corrected chi connectivity index (χ1v) is 6.35. The van der Waals surface area contributed by atoms with E-state index in [0.717, 1.165) is 41.3 Å². The van der Waals surface area contributed by atoms with Gasteiger partial charge in [0.1, 0.15) is 0 Å². The smallest absolute Gasteiger partial charge is 0.338 e. The summed E-state index contributed by atoms with van der Waals surface area (Å²) >= 11 is 0. The van der Waals surface area contributed by atoms with Crippen molar-refractivity contribution in [2.75, 3.05) is 6.54 Å². The maximum Gasteiger partial charge on any atom is 0.416 e. The fraction of sp³-hybridized carbons (Fsp3) is 0.267. The van der Waals surface area contributed by atoms with Crippen LogP contribution in [-0.2, 0) is 12.7 Å². The number of aliphatic imine (C=N–C) groups is 1. The van der Waals surface area contributed by atoms with Gasteiger partial charge in [0, 0.05) is 12.2 Å². The van der Waals surface area contributed by atoms with E-state index in [1.807, 2.05) is 19.1 Å². The van der Waals surface area contributed by atoms with Gasteiger partial charge in [-0.15, -0.1) is 0 Å². The van der Waals surface area contributed by atoms with Crippen LogP contribution in [0.1, 0.15) is 18.2 Å². The lowest BCUT2D eigenvalue weighted by Crippen LogP contribution is -2.16. The maximum absolute atomic E-state index is 12.6. The molecule has 2 heterocycles. The van der Waals surface area contributed by atoms with E-state index in [0.29, 0.717) is 6.54 Å². The first kappa shape index (κ1) is 13.0. The fourth-order valence-corrected chi connectivity index (χ4v) is 2.51. The second-order valence-electron chi connectivity index (χ2n) is 4.80. The molecular formula is C15H13F3N2. The minimum atomic E-state index is -4.29. The van der Waals surface area contributed by atoms with Crippen LogP contribution in [-0.4, -0.2) is 16.8 Å². The zero-order chi connectivity index (χ0) is 14.3. The zero-order valence-corrected chi connectivity index (χ0v) is 10.9. The predicted molar refractivity (Wildman–Crippen MR) is 71.9 cm³/mol. The van der Waals surface area contributed by atoms with Crippen LogP contribution in [0.4, 0.5) is 13.2 Å². The van der Waals surface area contributed by atoms with Gasteiger partial charge in [0.05, 0.1) is 23.5 Å². The molecule has 20 heavy (non-hydrogen) atoms. The summed E-state index contributed by atoms with van der Waals surface area (Å²) in [6.07, 6.45) is -4.29. The molecule has 0 spiro atoms. The highest BCUT2D eigenvalue weighted by Gasteiger charge is 2.30. The standard InChI is InChI=1S/C15H13F3N2/c1-10-13-6-7-14(20(13)9-8-19-10)11-2-4-12(5-3-11)15(16,17)18/h2-7H,8-9H2,1H3. The normalized spacial score (nSPS) is 14.9. The van der Waals surface area contributed by atoms with Crippen molar-refractivity contribution in [3.05, 3.63) is 47.7 Å². The van der Waals surface area contributed by atoms with Gasteiger partial charge in [0.2, 0.25) is 0 Å². The Morgan fingerprint density at radius 3 is 2.30 bits per heavy atom. The van der Waals surface area contributed by atoms with Gasteiger partial charge in [-0.05, 0) is 36.8 Å². The van der Waals surface area contributed by atoms with Crippen LogP contribution >= 0.6 is 0 Å². The summed E-state index contributed by atoms with van der Waals surface area (Å²) in [5, 5.41) is 0. The fourth-order valence-electron chi connectivity index (χ4n) is 2.51. The van der Waals surface area contributed by atoms with E-state index in [4.69, 9.17) is 0 Å². The number of halogens is 3. The Balaban J connectivity index is 2.01. The Hall–Kier alpha value is -2.04. The van der Waals surface area contributed by atoms with Crippen LogP contribution in [0.25, 0.3) is 11.3 Å². The quantitative estimate of drug-likeness (QED) is 0.750. The molecule has 1 aromatic heterocycles. The number of hydrogen-bond acceptors (Lipinski definition) is 1. The lowest BCUT2D eigenvalue weighted by atomic mass is 10.1. The molecule has 3 rings (SSSR count). The molecule has 0 saturated carbocycles. The number of hydrogen-bond donors (Lipinski definition) is 0. The highest BCUT2D eigenvalue weighted by molar-refractivity contribution is 5.98. The van der Waals surface area contributed by atoms with E-state index in [-0.39, 0.29) is 0 Å². The Morgan fingerprint density at radius 2 is 1.65 bits per heavy atom. The molecule has 0 atom stereocenters. The molecule has 1 aliphatic rings. The van der Waals surface area contributed by atoms with Crippen LogP contribution in [0.15, 0.2) is 41.4 Å². The molecule has 0 aliphatic carbocycles. The average molecular weight is 278 g/mol. The van der Waals surface area contributed by atoms with E-state index in [1.54, 1.807) is 0 Å². The maximum atomic E-state index is 12.6. The van der Waals surface area contributed by atoms with Gasteiger partial charge in [0.25, 0.3) is 0 Å². The Bertz CT molecular complexity index is 663. The van der Waals surface area contributed by atoms with Gasteiger partial charge in [0.15, 0.2) is 0 Å². The third-order valence-corrected chi connectivity index (χ3v) is 3.53. The van der Waals surface area contributed by atoms with Crippen molar-refractivity contribution >= 4 is 5.71 Å². The number of nitrogens with zero attached hydrogens (tertiary/aromatic N) is 2. The molecule has 0 bridgehead atoms. The summed E-state index contributed by atoms with van der Waals surface area (Å²) in [4.78, 5) is 4.37. The van der Waals surface area contributed by atoms with Crippen LogP contribution in [0.5, 0.6) is 0 Å². The van der Waals surface area contributed by atoms with Gasteiger partial charge in [-0.1, -0.05) is 12.1 Å². The summed E-state index contributed by atoms with van der Waals surface area (Å²) in [6, 6.07) is 9.18. The highest BCUT2D eigenvalue weighted by Crippen LogP contribution is 2.31. The van der Waals surface area contributed by atoms with Gasteiger partial charge in [-0.3, -0.25) is 4.99 Å². The Kier molecular flexibility index (Phi) is 2.92. The molecular weight excluding hydrogens is 265 g/mol. The monoisotopic (exact) mass is 278 g/mol. The van der Waals surface area contributed by atoms with Crippen molar-refractivity contribution in [2.45, 2.75) is 19.6 Å². The second-order valence-corrected chi connectivity index (χ2v) is 4.80. The molecule has 5 heteroatoms. The molecule has 0 N–H and O–H groups in total. The average Bonchev–Trinajstić information content (AvgIpc) is 2.83. The van der Waals surface area contributed by atoms with Crippen molar-refractivity contribution < 1.29 is 13.2 Å². The molecule has 0 unspecified atom stereocenters. The minimum absolute atomic E-state index is 0.621. The topological polar surface area (TPSA) is 17.3 Å². The first-order valence-electron chi connectivity index (χ1n) is 6.35. The minimum Gasteiger partial charge on any atom is -0.338 e. The van der Waals surface area contributed by atoms with Crippen LogP contribution < -0.4 is 0 Å². The summed E-state index contributed by atoms with van der Waals surface area (Å²) in [5.74, 6) is 0. The van der Waals surface area contributed by atoms with Crippen molar-refractivity contribution in [1.82, 2.24) is 4.57 Å². The van der Waals surface area contributed by atoms with Crippen molar-refractivity contribution in [1.29, 1.82) is 0 Å². The number of benzene rings is 1. The van der Waals surface area contributed by atoms with Crippen LogP contribution in [0.3, 0.4) is 0 Å². The second kappa shape index (κ2) is 4.51. The molecule has 2 aromatic rings. The first-order chi connectivity index (χ1) is 9.47. The predicted octanol–water partition coefficient (Wildman–Crippen LogP) is 4.00. The van der Waals surface area contributed by atoms with Crippen LogP contribution in [0.2, 0.25) is 0 Å². The summed E-state index contributed by atoms with van der Waals surface area (Å²) in [5.41, 5.74) is 3.10. The van der Waals surface area contributed by atoms with E-state index in [9.17, 15) is 13.2 Å². The molecule has 1 aliphatic heterocycles. The molecule has 0 fully saturated rings. The molecule has 0 radical (unpaired) electrons. The van der Waals surface area contributed by atoms with Gasteiger partial charge >= 0.3 is 6.18 Å². The lowest BCUT2D eigenvalue weighted by molar-refractivity contribution is -0.137. The number of fused-ring (bicyclic) bond motifs is 1. The third-order valence-electron chi connectivity index (χ3n) is 3.53. The van der Waals surface area contributed by atoms with E-state index in [1.165, 1.54) is 12.1 Å². The summed E-state index contributed by atoms with van der Waals surface area (Å²) in [6.45, 7) is 3.42. The molecule has 104 valence electrons. The molecule has 0 saturated heterocycles. The molecule has 1 aromatic carbocycles. The van der Waals surface area contributed by atoms with E-state index < -0.39 is 11.7 Å². The van der Waals surface area contributed by atoms with Crippen LogP contribution in [0, 0.1) is 0 Å². The van der Waals surface area contributed by atoms with Gasteiger partial charge < -0.3 is 4.57 Å². The van der Waals surface area contributed by atoms with E-state index in [2.05, 4.69) is 9.56 Å². The number of alkyl halides is 3. The molecule has 0 amide bonds. The Morgan fingerprint density at radius 1 is 1.00 bits per heavy atom. The largest absolute Gasteiger partial charge is 0.416 e. The van der Waals surface area contributed by atoms with Gasteiger partial charge in [-0.25, -0.2) is 0 Å². The lowest BCUT2D eigenvalue weighted by Gasteiger charge is -2.17. The van der Waals surface area contributed by atoms with Crippen molar-refractivity contribution in [3.8, 4) is 11.3 Å². The zero-order valence-electron chi connectivity index (χ0n) is 10.9. The van der Waals surface area contributed by atoms with Gasteiger partial charge in [-0.2, -0.15) is 13.2 Å². The Labute approximate surface area is 114 Å².